The summed E-state index contributed by atoms with van der Waals surface area (Å²) in [6.07, 6.45) is 0. The number of benzene rings is 9. The van der Waals surface area contributed by atoms with Crippen LogP contribution in [0.5, 0.6) is 0 Å². The van der Waals surface area contributed by atoms with Gasteiger partial charge in [-0.3, -0.25) is 0 Å². The van der Waals surface area contributed by atoms with Gasteiger partial charge in [-0.25, -0.2) is 0 Å². The molecule has 0 heteroatoms. The molecule has 0 nitrogen and oxygen atoms in total. The molecule has 0 saturated heterocycles. The molecule has 9 aromatic carbocycles. The quantitative estimate of drug-likeness (QED) is 0.167. The van der Waals surface area contributed by atoms with E-state index < -0.39 is 0 Å². The molecule has 51 heavy (non-hydrogen) atoms. The normalized spacial score (nSPS) is 13.1. The van der Waals surface area contributed by atoms with E-state index in [0.29, 0.717) is 0 Å². The van der Waals surface area contributed by atoms with Crippen molar-refractivity contribution in [1.29, 1.82) is 0 Å². The van der Waals surface area contributed by atoms with Crippen LogP contribution in [0.4, 0.5) is 0 Å². The lowest BCUT2D eigenvalue weighted by Crippen LogP contribution is -2.16. The first-order chi connectivity index (χ1) is 25.1. The van der Waals surface area contributed by atoms with E-state index in [-0.39, 0.29) is 5.41 Å². The van der Waals surface area contributed by atoms with Crippen LogP contribution in [0, 0.1) is 0 Å². The highest BCUT2D eigenvalue weighted by Crippen LogP contribution is 2.54. The molecule has 0 radical (unpaired) electrons. The number of hydrogen-bond donors (Lipinski definition) is 0. The fourth-order valence-electron chi connectivity index (χ4n) is 9.01. The van der Waals surface area contributed by atoms with Crippen LogP contribution in [-0.2, 0) is 5.41 Å². The molecule has 1 aliphatic rings. The van der Waals surface area contributed by atoms with Gasteiger partial charge in [0, 0.05) is 5.41 Å². The molecule has 0 unspecified atom stereocenters. The molecule has 0 amide bonds. The Balaban J connectivity index is 1.11. The van der Waals surface area contributed by atoms with Crippen molar-refractivity contribution < 1.29 is 0 Å². The van der Waals surface area contributed by atoms with Crippen LogP contribution in [0.1, 0.15) is 25.0 Å². The van der Waals surface area contributed by atoms with Crippen molar-refractivity contribution in [2.24, 2.45) is 0 Å². The van der Waals surface area contributed by atoms with Crippen molar-refractivity contribution in [1.82, 2.24) is 0 Å². The zero-order chi connectivity index (χ0) is 34.1. The second-order valence-electron chi connectivity index (χ2n) is 14.4. The zero-order valence-electron chi connectivity index (χ0n) is 28.8. The highest BCUT2D eigenvalue weighted by molar-refractivity contribution is 6.21. The second-order valence-corrected chi connectivity index (χ2v) is 14.4. The van der Waals surface area contributed by atoms with Gasteiger partial charge in [0.25, 0.3) is 0 Å². The summed E-state index contributed by atoms with van der Waals surface area (Å²) in [4.78, 5) is 0. The monoisotopic (exact) mass is 648 g/mol. The fourth-order valence-corrected chi connectivity index (χ4v) is 9.01. The first-order valence-electron chi connectivity index (χ1n) is 17.9. The van der Waals surface area contributed by atoms with E-state index in [1.54, 1.807) is 0 Å². The lowest BCUT2D eigenvalue weighted by molar-refractivity contribution is 0.668. The van der Waals surface area contributed by atoms with Gasteiger partial charge >= 0.3 is 0 Å². The average molecular weight is 649 g/mol. The van der Waals surface area contributed by atoms with E-state index in [9.17, 15) is 0 Å². The van der Waals surface area contributed by atoms with E-state index in [4.69, 9.17) is 0 Å². The minimum Gasteiger partial charge on any atom is -0.0622 e. The Morgan fingerprint density at radius 3 is 1.29 bits per heavy atom. The Labute approximate surface area is 299 Å². The largest absolute Gasteiger partial charge is 0.0622 e. The topological polar surface area (TPSA) is 0 Å². The Bertz CT molecular complexity index is 2730. The first kappa shape index (κ1) is 29.7. The third kappa shape index (κ3) is 4.53. The molecule has 9 aromatic rings. The lowest BCUT2D eigenvalue weighted by atomic mass is 9.77. The maximum Gasteiger partial charge on any atom is 0.0171 e. The molecule has 0 aromatic heterocycles. The van der Waals surface area contributed by atoms with Crippen LogP contribution in [0.3, 0.4) is 0 Å². The van der Waals surface area contributed by atoms with Gasteiger partial charge in [0.2, 0.25) is 0 Å². The molecule has 1 aliphatic carbocycles. The molecule has 240 valence electrons. The zero-order valence-corrected chi connectivity index (χ0v) is 28.8. The average Bonchev–Trinajstić information content (AvgIpc) is 3.44. The molecule has 0 spiro atoms. The summed E-state index contributed by atoms with van der Waals surface area (Å²) in [5, 5.41) is 7.75. The summed E-state index contributed by atoms with van der Waals surface area (Å²) < 4.78 is 0. The maximum absolute atomic E-state index is 2.40. The Hall–Kier alpha value is -6.24. The second kappa shape index (κ2) is 11.4. The van der Waals surface area contributed by atoms with Crippen molar-refractivity contribution in [2.45, 2.75) is 19.3 Å². The van der Waals surface area contributed by atoms with E-state index in [2.05, 4.69) is 196 Å². The Morgan fingerprint density at radius 1 is 0.275 bits per heavy atom. The van der Waals surface area contributed by atoms with Crippen LogP contribution < -0.4 is 0 Å². The molecule has 0 atom stereocenters. The summed E-state index contributed by atoms with van der Waals surface area (Å²) in [5.74, 6) is 0. The minimum absolute atomic E-state index is 0.123. The molecule has 0 saturated carbocycles. The Kier molecular flexibility index (Phi) is 6.63. The van der Waals surface area contributed by atoms with Crippen molar-refractivity contribution in [3.05, 3.63) is 193 Å². The molecule has 0 N–H and O–H groups in total. The van der Waals surface area contributed by atoms with Gasteiger partial charge < -0.3 is 0 Å². The van der Waals surface area contributed by atoms with Gasteiger partial charge in [0.15, 0.2) is 0 Å². The standard InChI is InChI=1S/C51H36/c1-51(2)49-40(21-12-22-45(49)46-32-31-35-15-6-7-16-39(35)50(46)51)36-25-29-38(30-26-36)48-43-19-10-8-17-41(43)47(42-18-9-11-20-44(42)48)37-27-23-34(24-28-37)33-13-4-3-5-14-33/h3-32H,1-2H3. The van der Waals surface area contributed by atoms with Gasteiger partial charge in [0.05, 0.1) is 0 Å². The van der Waals surface area contributed by atoms with Crippen LogP contribution >= 0.6 is 0 Å². The molecule has 0 heterocycles. The third-order valence-electron chi connectivity index (χ3n) is 11.2. The summed E-state index contributed by atoms with van der Waals surface area (Å²) in [5.41, 5.74) is 15.5. The first-order valence-corrected chi connectivity index (χ1v) is 17.9. The molecule has 0 aliphatic heterocycles. The lowest BCUT2D eigenvalue weighted by Gasteiger charge is -2.26. The van der Waals surface area contributed by atoms with Gasteiger partial charge in [-0.15, -0.1) is 0 Å². The number of hydrogen-bond acceptors (Lipinski definition) is 0. The summed E-state index contributed by atoms with van der Waals surface area (Å²) >= 11 is 0. The summed E-state index contributed by atoms with van der Waals surface area (Å²) in [6, 6.07) is 67.2. The molecular weight excluding hydrogens is 613 g/mol. The highest BCUT2D eigenvalue weighted by Gasteiger charge is 2.38. The van der Waals surface area contributed by atoms with Gasteiger partial charge in [0.1, 0.15) is 0 Å². The predicted molar refractivity (Wildman–Crippen MR) is 218 cm³/mol. The van der Waals surface area contributed by atoms with Crippen molar-refractivity contribution in [3.8, 4) is 55.6 Å². The summed E-state index contributed by atoms with van der Waals surface area (Å²) in [6.45, 7) is 4.80. The van der Waals surface area contributed by atoms with Gasteiger partial charge in [-0.05, 0) is 99.1 Å². The van der Waals surface area contributed by atoms with Crippen LogP contribution in [0.25, 0.3) is 88.0 Å². The molecule has 10 rings (SSSR count). The molecule has 0 fully saturated rings. The highest BCUT2D eigenvalue weighted by atomic mass is 14.4. The van der Waals surface area contributed by atoms with Gasteiger partial charge in [-0.1, -0.05) is 196 Å². The van der Waals surface area contributed by atoms with Crippen molar-refractivity contribution in [2.75, 3.05) is 0 Å². The van der Waals surface area contributed by atoms with Crippen molar-refractivity contribution in [3.63, 3.8) is 0 Å². The molecular formula is C51H36. The third-order valence-corrected chi connectivity index (χ3v) is 11.2. The predicted octanol–water partition coefficient (Wildman–Crippen LogP) is 14.1. The van der Waals surface area contributed by atoms with Crippen molar-refractivity contribution >= 4 is 32.3 Å². The van der Waals surface area contributed by atoms with E-state index in [1.807, 2.05) is 0 Å². The fraction of sp³-hybridized carbons (Fsp3) is 0.0588. The maximum atomic E-state index is 2.40. The Morgan fingerprint density at radius 2 is 0.706 bits per heavy atom. The van der Waals surface area contributed by atoms with Crippen LogP contribution in [-0.4, -0.2) is 0 Å². The number of rotatable bonds is 4. The van der Waals surface area contributed by atoms with E-state index in [1.165, 1.54) is 99.1 Å². The minimum atomic E-state index is -0.123. The number of fused-ring (bicyclic) bond motifs is 7. The van der Waals surface area contributed by atoms with Crippen LogP contribution in [0.15, 0.2) is 182 Å². The summed E-state index contributed by atoms with van der Waals surface area (Å²) in [7, 11) is 0. The van der Waals surface area contributed by atoms with Crippen LogP contribution in [0.2, 0.25) is 0 Å². The van der Waals surface area contributed by atoms with Gasteiger partial charge in [-0.2, -0.15) is 0 Å². The molecule has 0 bridgehead atoms. The smallest absolute Gasteiger partial charge is 0.0171 e. The van der Waals surface area contributed by atoms with E-state index >= 15 is 0 Å². The SMILES string of the molecule is CC1(C)c2c(-c3ccc(-c4c5ccccc5c(-c5ccc(-c6ccccc6)cc5)c5ccccc45)cc3)cccc2-c2ccc3ccccc3c21. The van der Waals surface area contributed by atoms with E-state index in [0.717, 1.165) is 0 Å².